The van der Waals surface area contributed by atoms with Gasteiger partial charge in [-0.05, 0) is 36.4 Å². The molecule has 0 atom stereocenters. The van der Waals surface area contributed by atoms with Crippen molar-refractivity contribution in [3.8, 4) is 5.75 Å². The summed E-state index contributed by atoms with van der Waals surface area (Å²) in [6.45, 7) is 0.341. The van der Waals surface area contributed by atoms with Crippen LogP contribution in [0.25, 0.3) is 0 Å². The number of sulfonamides is 1. The molecule has 1 aliphatic rings. The molecule has 3 rings (SSSR count). The van der Waals surface area contributed by atoms with Gasteiger partial charge in [-0.1, -0.05) is 6.07 Å². The van der Waals surface area contributed by atoms with Crippen LogP contribution in [0, 0.1) is 0 Å². The largest absolute Gasteiger partial charge is 0.497 e. The second kappa shape index (κ2) is 9.01. The molecule has 1 saturated heterocycles. The van der Waals surface area contributed by atoms with E-state index in [0.717, 1.165) is 0 Å². The van der Waals surface area contributed by atoms with E-state index >= 15 is 0 Å². The molecule has 1 aromatic carbocycles. The van der Waals surface area contributed by atoms with Crippen molar-refractivity contribution < 1.29 is 27.5 Å². The van der Waals surface area contributed by atoms with Crippen LogP contribution in [0.2, 0.25) is 0 Å². The van der Waals surface area contributed by atoms with Gasteiger partial charge in [-0.3, -0.25) is 4.79 Å². The van der Waals surface area contributed by atoms with Crippen LogP contribution in [0.3, 0.4) is 0 Å². The van der Waals surface area contributed by atoms with E-state index < -0.39 is 22.6 Å². The minimum atomic E-state index is -3.65. The van der Waals surface area contributed by atoms with Crippen molar-refractivity contribution in [3.05, 3.63) is 54.4 Å². The summed E-state index contributed by atoms with van der Waals surface area (Å²) >= 11 is 0. The Balaban J connectivity index is 1.52. The number of nitrogens with zero attached hydrogens (tertiary/aromatic N) is 3. The summed E-state index contributed by atoms with van der Waals surface area (Å²) in [5.74, 6) is -0.491. The number of rotatable bonds is 6. The first-order chi connectivity index (χ1) is 13.9. The molecule has 1 amide bonds. The van der Waals surface area contributed by atoms with E-state index in [-0.39, 0.29) is 42.7 Å². The van der Waals surface area contributed by atoms with Crippen LogP contribution in [0.1, 0.15) is 10.5 Å². The number of hydrogen-bond acceptors (Lipinski definition) is 7. The number of methoxy groups -OCH3 is 1. The lowest BCUT2D eigenvalue weighted by Crippen LogP contribution is -2.51. The van der Waals surface area contributed by atoms with E-state index in [0.29, 0.717) is 5.75 Å². The van der Waals surface area contributed by atoms with Crippen LogP contribution in [-0.2, 0) is 19.6 Å². The lowest BCUT2D eigenvalue weighted by molar-refractivity contribution is -0.135. The Morgan fingerprint density at radius 1 is 1.03 bits per heavy atom. The van der Waals surface area contributed by atoms with E-state index in [1.165, 1.54) is 40.7 Å². The Morgan fingerprint density at radius 2 is 1.72 bits per heavy atom. The molecular weight excluding hydrogens is 398 g/mol. The first kappa shape index (κ1) is 20.7. The van der Waals surface area contributed by atoms with E-state index in [4.69, 9.17) is 9.47 Å². The molecule has 0 aliphatic carbocycles. The maximum absolute atomic E-state index is 12.7. The molecule has 0 bridgehead atoms. The highest BCUT2D eigenvalue weighted by molar-refractivity contribution is 7.89. The lowest BCUT2D eigenvalue weighted by atomic mass is 10.3. The molecular formula is C19H21N3O6S. The zero-order valence-electron chi connectivity index (χ0n) is 15.9. The van der Waals surface area contributed by atoms with Gasteiger partial charge in [0.1, 0.15) is 11.4 Å². The molecule has 0 N–H and O–H groups in total. The lowest BCUT2D eigenvalue weighted by Gasteiger charge is -2.33. The normalized spacial score (nSPS) is 15.0. The zero-order chi connectivity index (χ0) is 20.9. The van der Waals surface area contributed by atoms with Crippen molar-refractivity contribution in [3.63, 3.8) is 0 Å². The fourth-order valence-corrected chi connectivity index (χ4v) is 4.27. The Kier molecular flexibility index (Phi) is 6.45. The quantitative estimate of drug-likeness (QED) is 0.637. The van der Waals surface area contributed by atoms with Crippen molar-refractivity contribution in [1.82, 2.24) is 14.2 Å². The van der Waals surface area contributed by atoms with Crippen molar-refractivity contribution >= 4 is 21.9 Å². The predicted molar refractivity (Wildman–Crippen MR) is 103 cm³/mol. The van der Waals surface area contributed by atoms with Crippen LogP contribution in [-0.4, -0.2) is 74.4 Å². The van der Waals surface area contributed by atoms with Gasteiger partial charge in [-0.15, -0.1) is 0 Å². The van der Waals surface area contributed by atoms with Gasteiger partial charge in [0.25, 0.3) is 5.91 Å². The predicted octanol–water partition coefficient (Wildman–Crippen LogP) is 0.780. The molecule has 1 fully saturated rings. The van der Waals surface area contributed by atoms with Crippen LogP contribution in [0.5, 0.6) is 5.75 Å². The first-order valence-electron chi connectivity index (χ1n) is 8.92. The van der Waals surface area contributed by atoms with Gasteiger partial charge in [-0.2, -0.15) is 4.31 Å². The standard InChI is InChI=1S/C19H21N3O6S/c1-27-15-5-7-16(8-6-15)29(25,26)22-12-10-21(11-13-22)18(23)14-28-19(24)17-4-2-3-9-20-17/h2-9H,10-14H2,1H3. The topological polar surface area (TPSA) is 106 Å². The highest BCUT2D eigenvalue weighted by Gasteiger charge is 2.30. The third kappa shape index (κ3) is 4.90. The molecule has 0 radical (unpaired) electrons. The monoisotopic (exact) mass is 419 g/mol. The summed E-state index contributed by atoms with van der Waals surface area (Å²) in [5.41, 5.74) is 0.121. The maximum atomic E-state index is 12.7. The van der Waals surface area contributed by atoms with Crippen molar-refractivity contribution in [2.45, 2.75) is 4.90 Å². The Morgan fingerprint density at radius 3 is 2.31 bits per heavy atom. The van der Waals surface area contributed by atoms with E-state index in [9.17, 15) is 18.0 Å². The van der Waals surface area contributed by atoms with Crippen molar-refractivity contribution in [2.24, 2.45) is 0 Å². The second-order valence-corrected chi connectivity index (χ2v) is 8.19. The number of esters is 1. The van der Waals surface area contributed by atoms with Crippen LogP contribution >= 0.6 is 0 Å². The van der Waals surface area contributed by atoms with Gasteiger partial charge in [0.15, 0.2) is 6.61 Å². The average Bonchev–Trinajstić information content (AvgIpc) is 2.78. The summed E-state index contributed by atoms with van der Waals surface area (Å²) < 4.78 is 36.8. The van der Waals surface area contributed by atoms with Crippen LogP contribution in [0.15, 0.2) is 53.6 Å². The summed E-state index contributed by atoms with van der Waals surface area (Å²) in [6.07, 6.45) is 1.46. The molecule has 154 valence electrons. The number of pyridine rings is 1. The molecule has 1 aliphatic heterocycles. The summed E-state index contributed by atoms with van der Waals surface area (Å²) in [7, 11) is -2.14. The Bertz CT molecular complexity index is 955. The van der Waals surface area contributed by atoms with Gasteiger partial charge in [0.2, 0.25) is 10.0 Å². The fraction of sp³-hybridized carbons (Fsp3) is 0.316. The van der Waals surface area contributed by atoms with Gasteiger partial charge in [0, 0.05) is 32.4 Å². The summed E-state index contributed by atoms with van der Waals surface area (Å²) in [5, 5.41) is 0. The number of carbonyl (C=O) groups is 2. The molecule has 9 nitrogen and oxygen atoms in total. The number of hydrogen-bond donors (Lipinski definition) is 0. The highest BCUT2D eigenvalue weighted by Crippen LogP contribution is 2.20. The van der Waals surface area contributed by atoms with E-state index in [1.54, 1.807) is 24.3 Å². The van der Waals surface area contributed by atoms with E-state index in [2.05, 4.69) is 4.98 Å². The fourth-order valence-electron chi connectivity index (χ4n) is 2.85. The zero-order valence-corrected chi connectivity index (χ0v) is 16.7. The Hall–Kier alpha value is -2.98. The van der Waals surface area contributed by atoms with Gasteiger partial charge < -0.3 is 14.4 Å². The number of piperazine rings is 1. The molecule has 0 spiro atoms. The third-order valence-corrected chi connectivity index (χ3v) is 6.40. The van der Waals surface area contributed by atoms with Gasteiger partial charge in [-0.25, -0.2) is 18.2 Å². The number of aromatic nitrogens is 1. The first-order valence-corrected chi connectivity index (χ1v) is 10.4. The Labute approximate surface area is 168 Å². The van der Waals surface area contributed by atoms with Crippen molar-refractivity contribution in [1.29, 1.82) is 0 Å². The van der Waals surface area contributed by atoms with E-state index in [1.807, 2.05) is 0 Å². The highest BCUT2D eigenvalue weighted by atomic mass is 32.2. The maximum Gasteiger partial charge on any atom is 0.357 e. The summed E-state index contributed by atoms with van der Waals surface area (Å²) in [4.78, 5) is 29.7. The molecule has 29 heavy (non-hydrogen) atoms. The van der Waals surface area contributed by atoms with Crippen LogP contribution in [0.4, 0.5) is 0 Å². The molecule has 0 unspecified atom stereocenters. The van der Waals surface area contributed by atoms with Crippen molar-refractivity contribution in [2.75, 3.05) is 39.9 Å². The van der Waals surface area contributed by atoms with Gasteiger partial charge in [0.05, 0.1) is 12.0 Å². The summed E-state index contributed by atoms with van der Waals surface area (Å²) in [6, 6.07) is 11.0. The number of ether oxygens (including phenoxy) is 2. The SMILES string of the molecule is COc1ccc(S(=O)(=O)N2CCN(C(=O)COC(=O)c3ccccn3)CC2)cc1. The number of benzene rings is 1. The smallest absolute Gasteiger partial charge is 0.357 e. The molecule has 2 heterocycles. The molecule has 0 saturated carbocycles. The minimum absolute atomic E-state index is 0.121. The van der Waals surface area contributed by atoms with Gasteiger partial charge >= 0.3 is 5.97 Å². The number of carbonyl (C=O) groups excluding carboxylic acids is 2. The average molecular weight is 419 g/mol. The third-order valence-electron chi connectivity index (χ3n) is 4.49. The molecule has 2 aromatic rings. The molecule has 10 heteroatoms. The molecule has 1 aromatic heterocycles. The number of amides is 1. The van der Waals surface area contributed by atoms with Crippen LogP contribution < -0.4 is 4.74 Å². The minimum Gasteiger partial charge on any atom is -0.497 e. The second-order valence-electron chi connectivity index (χ2n) is 6.25.